The predicted molar refractivity (Wildman–Crippen MR) is 79.3 cm³/mol. The van der Waals surface area contributed by atoms with Crippen LogP contribution in [0.15, 0.2) is 24.3 Å². The van der Waals surface area contributed by atoms with Gasteiger partial charge in [-0.2, -0.15) is 0 Å². The summed E-state index contributed by atoms with van der Waals surface area (Å²) in [6.45, 7) is 4.96. The highest BCUT2D eigenvalue weighted by Gasteiger charge is 2.03. The van der Waals surface area contributed by atoms with E-state index in [0.717, 1.165) is 18.8 Å². The zero-order valence-corrected chi connectivity index (χ0v) is 12.5. The summed E-state index contributed by atoms with van der Waals surface area (Å²) in [7, 11) is 3.64. The number of likely N-dealkylation sites (N-methyl/N-ethyl adjacent to an activating group) is 1. The third-order valence-electron chi connectivity index (χ3n) is 2.99. The van der Waals surface area contributed by atoms with Gasteiger partial charge < -0.3 is 19.7 Å². The average molecular weight is 280 g/mol. The second kappa shape index (κ2) is 9.20. The van der Waals surface area contributed by atoms with Crippen LogP contribution in [-0.4, -0.2) is 51.2 Å². The smallest absolute Gasteiger partial charge is 0.223 e. The van der Waals surface area contributed by atoms with Crippen LogP contribution in [0.1, 0.15) is 13.3 Å². The second-order valence-corrected chi connectivity index (χ2v) is 4.52. The molecule has 112 valence electrons. The van der Waals surface area contributed by atoms with Crippen LogP contribution < -0.4 is 14.8 Å². The van der Waals surface area contributed by atoms with E-state index in [-0.39, 0.29) is 5.91 Å². The van der Waals surface area contributed by atoms with Crippen LogP contribution in [0, 0.1) is 0 Å². The van der Waals surface area contributed by atoms with Gasteiger partial charge in [0.2, 0.25) is 5.91 Å². The fourth-order valence-corrected chi connectivity index (χ4v) is 1.59. The minimum atomic E-state index is 0.0115. The van der Waals surface area contributed by atoms with Gasteiger partial charge in [0.15, 0.2) is 0 Å². The minimum absolute atomic E-state index is 0.0115. The molecule has 0 bridgehead atoms. The molecule has 1 amide bonds. The van der Waals surface area contributed by atoms with Crippen LogP contribution in [0.4, 0.5) is 0 Å². The van der Waals surface area contributed by atoms with E-state index < -0.39 is 0 Å². The van der Waals surface area contributed by atoms with Crippen molar-refractivity contribution in [3.8, 4) is 11.5 Å². The van der Waals surface area contributed by atoms with E-state index in [4.69, 9.17) is 9.47 Å². The normalized spacial score (nSPS) is 10.4. The number of amides is 1. The standard InChI is InChI=1S/C15H24N2O3/c1-4-17(2)10-9-16-15(18)8-11-20-14-7-5-6-13(12-14)19-3/h5-7,12H,4,8-11H2,1-3H3,(H,16,18). The fourth-order valence-electron chi connectivity index (χ4n) is 1.59. The zero-order valence-electron chi connectivity index (χ0n) is 12.5. The Morgan fingerprint density at radius 3 is 2.80 bits per heavy atom. The Kier molecular flexibility index (Phi) is 7.50. The summed E-state index contributed by atoms with van der Waals surface area (Å²) in [6.07, 6.45) is 0.354. The number of benzene rings is 1. The van der Waals surface area contributed by atoms with E-state index in [9.17, 15) is 4.79 Å². The Labute approximate surface area is 120 Å². The van der Waals surface area contributed by atoms with E-state index in [1.54, 1.807) is 13.2 Å². The molecule has 5 heteroatoms. The van der Waals surface area contributed by atoms with Crippen LogP contribution in [-0.2, 0) is 4.79 Å². The maximum atomic E-state index is 11.6. The van der Waals surface area contributed by atoms with E-state index in [1.807, 2.05) is 25.2 Å². The molecular formula is C15H24N2O3. The highest BCUT2D eigenvalue weighted by Crippen LogP contribution is 2.18. The molecule has 0 radical (unpaired) electrons. The van der Waals surface area contributed by atoms with Gasteiger partial charge in [-0.05, 0) is 25.7 Å². The lowest BCUT2D eigenvalue weighted by Gasteiger charge is -2.14. The highest BCUT2D eigenvalue weighted by atomic mass is 16.5. The first-order valence-electron chi connectivity index (χ1n) is 6.87. The van der Waals surface area contributed by atoms with Gasteiger partial charge in [-0.3, -0.25) is 4.79 Å². The van der Waals surface area contributed by atoms with Gasteiger partial charge >= 0.3 is 0 Å². The number of carbonyl (C=O) groups is 1. The molecule has 1 aromatic rings. The highest BCUT2D eigenvalue weighted by molar-refractivity contribution is 5.75. The molecule has 0 aromatic heterocycles. The largest absolute Gasteiger partial charge is 0.497 e. The minimum Gasteiger partial charge on any atom is -0.497 e. The lowest BCUT2D eigenvalue weighted by atomic mass is 10.3. The topological polar surface area (TPSA) is 50.8 Å². The summed E-state index contributed by atoms with van der Waals surface area (Å²) >= 11 is 0. The first-order valence-corrected chi connectivity index (χ1v) is 6.87. The van der Waals surface area contributed by atoms with Crippen molar-refractivity contribution in [3.63, 3.8) is 0 Å². The van der Waals surface area contributed by atoms with Gasteiger partial charge in [-0.15, -0.1) is 0 Å². The molecule has 0 heterocycles. The Hall–Kier alpha value is -1.75. The van der Waals surface area contributed by atoms with Gasteiger partial charge in [0.05, 0.1) is 20.1 Å². The summed E-state index contributed by atoms with van der Waals surface area (Å²) in [6, 6.07) is 7.35. The van der Waals surface area contributed by atoms with E-state index in [1.165, 1.54) is 0 Å². The molecule has 0 aliphatic rings. The van der Waals surface area contributed by atoms with Crippen molar-refractivity contribution in [2.45, 2.75) is 13.3 Å². The number of rotatable bonds is 9. The molecule has 0 aliphatic heterocycles. The van der Waals surface area contributed by atoms with Crippen LogP contribution in [0.2, 0.25) is 0 Å². The number of methoxy groups -OCH3 is 1. The zero-order chi connectivity index (χ0) is 14.8. The average Bonchev–Trinajstić information content (AvgIpc) is 2.47. The van der Waals surface area contributed by atoms with Crippen LogP contribution in [0.5, 0.6) is 11.5 Å². The molecule has 1 rings (SSSR count). The molecule has 5 nitrogen and oxygen atoms in total. The Morgan fingerprint density at radius 2 is 2.10 bits per heavy atom. The van der Waals surface area contributed by atoms with Gasteiger partial charge in [0.25, 0.3) is 0 Å². The molecule has 0 aliphatic carbocycles. The number of hydrogen-bond acceptors (Lipinski definition) is 4. The van der Waals surface area contributed by atoms with Crippen molar-refractivity contribution in [2.24, 2.45) is 0 Å². The molecule has 0 spiro atoms. The monoisotopic (exact) mass is 280 g/mol. The van der Waals surface area contributed by atoms with Crippen molar-refractivity contribution < 1.29 is 14.3 Å². The molecule has 0 saturated carbocycles. The predicted octanol–water partition coefficient (Wildman–Crippen LogP) is 1.53. The molecule has 1 N–H and O–H groups in total. The third kappa shape index (κ3) is 6.43. The van der Waals surface area contributed by atoms with Gasteiger partial charge in [-0.25, -0.2) is 0 Å². The summed E-state index contributed by atoms with van der Waals surface area (Å²) in [5, 5.41) is 2.87. The van der Waals surface area contributed by atoms with Crippen LogP contribution >= 0.6 is 0 Å². The van der Waals surface area contributed by atoms with Crippen molar-refractivity contribution in [1.82, 2.24) is 10.2 Å². The summed E-state index contributed by atoms with van der Waals surface area (Å²) < 4.78 is 10.6. The molecule has 1 aromatic carbocycles. The van der Waals surface area contributed by atoms with Crippen molar-refractivity contribution in [3.05, 3.63) is 24.3 Å². The SMILES string of the molecule is CCN(C)CCNC(=O)CCOc1cccc(OC)c1. The number of ether oxygens (including phenoxy) is 2. The van der Waals surface area contributed by atoms with E-state index >= 15 is 0 Å². The fraction of sp³-hybridized carbons (Fsp3) is 0.533. The number of hydrogen-bond donors (Lipinski definition) is 1. The third-order valence-corrected chi connectivity index (χ3v) is 2.99. The number of nitrogens with zero attached hydrogens (tertiary/aromatic N) is 1. The van der Waals surface area contributed by atoms with Gasteiger partial charge in [0.1, 0.15) is 11.5 Å². The lowest BCUT2D eigenvalue weighted by molar-refractivity contribution is -0.121. The molecule has 0 saturated heterocycles. The van der Waals surface area contributed by atoms with Gasteiger partial charge in [0, 0.05) is 19.2 Å². The van der Waals surface area contributed by atoms with Crippen LogP contribution in [0.25, 0.3) is 0 Å². The molecule has 0 fully saturated rings. The Bertz CT molecular complexity index is 410. The maximum Gasteiger partial charge on any atom is 0.223 e. The van der Waals surface area contributed by atoms with Crippen molar-refractivity contribution in [2.75, 3.05) is 40.4 Å². The molecule has 0 unspecified atom stereocenters. The molecular weight excluding hydrogens is 256 g/mol. The molecule has 20 heavy (non-hydrogen) atoms. The first kappa shape index (κ1) is 16.3. The van der Waals surface area contributed by atoms with E-state index in [0.29, 0.717) is 25.3 Å². The quantitative estimate of drug-likeness (QED) is 0.745. The van der Waals surface area contributed by atoms with E-state index in [2.05, 4.69) is 17.1 Å². The van der Waals surface area contributed by atoms with Crippen molar-refractivity contribution in [1.29, 1.82) is 0 Å². The summed E-state index contributed by atoms with van der Waals surface area (Å²) in [5.41, 5.74) is 0. The van der Waals surface area contributed by atoms with Crippen molar-refractivity contribution >= 4 is 5.91 Å². The van der Waals surface area contributed by atoms with Crippen LogP contribution in [0.3, 0.4) is 0 Å². The first-order chi connectivity index (χ1) is 9.65. The Balaban J connectivity index is 2.18. The van der Waals surface area contributed by atoms with Gasteiger partial charge in [-0.1, -0.05) is 13.0 Å². The number of nitrogens with one attached hydrogen (secondary N) is 1. The summed E-state index contributed by atoms with van der Waals surface area (Å²) in [4.78, 5) is 13.7. The second-order valence-electron chi connectivity index (χ2n) is 4.52. The summed E-state index contributed by atoms with van der Waals surface area (Å²) in [5.74, 6) is 1.47. The lowest BCUT2D eigenvalue weighted by Crippen LogP contribution is -2.33. The Morgan fingerprint density at radius 1 is 1.35 bits per heavy atom. The number of carbonyl (C=O) groups excluding carboxylic acids is 1. The molecule has 0 atom stereocenters. The maximum absolute atomic E-state index is 11.6.